The summed E-state index contributed by atoms with van der Waals surface area (Å²) >= 11 is 0. The van der Waals surface area contributed by atoms with Crippen molar-refractivity contribution in [3.8, 4) is 11.1 Å². The van der Waals surface area contributed by atoms with Crippen molar-refractivity contribution < 1.29 is 14.7 Å². The molecule has 5 heteroatoms. The summed E-state index contributed by atoms with van der Waals surface area (Å²) in [6.45, 7) is 4.01. The summed E-state index contributed by atoms with van der Waals surface area (Å²) in [7, 11) is 0. The van der Waals surface area contributed by atoms with Crippen LogP contribution in [0.5, 0.6) is 0 Å². The highest BCUT2D eigenvalue weighted by molar-refractivity contribution is 5.91. The molecule has 3 rings (SSSR count). The molecule has 26 heavy (non-hydrogen) atoms. The average Bonchev–Trinajstić information content (AvgIpc) is 2.90. The third kappa shape index (κ3) is 4.23. The highest BCUT2D eigenvalue weighted by Crippen LogP contribution is 2.37. The smallest absolute Gasteiger partial charge is 0.319 e. The number of carboxylic acid groups (broad SMARTS) is 1. The van der Waals surface area contributed by atoms with Crippen LogP contribution in [0.3, 0.4) is 0 Å². The summed E-state index contributed by atoms with van der Waals surface area (Å²) in [5.74, 6) is -0.607. The lowest BCUT2D eigenvalue weighted by Crippen LogP contribution is -2.40. The summed E-state index contributed by atoms with van der Waals surface area (Å²) in [4.78, 5) is 23.3. The Morgan fingerprint density at radius 1 is 1.08 bits per heavy atom. The molecule has 0 aromatic heterocycles. The van der Waals surface area contributed by atoms with Crippen LogP contribution in [0.15, 0.2) is 42.5 Å². The fourth-order valence-electron chi connectivity index (χ4n) is 3.55. The van der Waals surface area contributed by atoms with Crippen molar-refractivity contribution in [3.05, 3.63) is 53.6 Å². The van der Waals surface area contributed by atoms with Crippen LogP contribution in [0, 0.1) is 5.92 Å². The van der Waals surface area contributed by atoms with Gasteiger partial charge < -0.3 is 15.7 Å². The van der Waals surface area contributed by atoms with E-state index in [4.69, 9.17) is 5.11 Å². The first-order chi connectivity index (χ1) is 12.4. The Morgan fingerprint density at radius 2 is 1.81 bits per heavy atom. The normalized spacial score (nSPS) is 13.0. The molecule has 0 unspecified atom stereocenters. The Morgan fingerprint density at radius 3 is 2.54 bits per heavy atom. The molecule has 2 amide bonds. The van der Waals surface area contributed by atoms with Gasteiger partial charge in [0.1, 0.15) is 0 Å². The van der Waals surface area contributed by atoms with Gasteiger partial charge in [-0.25, -0.2) is 4.79 Å². The topological polar surface area (TPSA) is 78.4 Å². The molecule has 3 N–H and O–H groups in total. The molecule has 1 aliphatic carbocycles. The first kappa shape index (κ1) is 18.0. The van der Waals surface area contributed by atoms with Gasteiger partial charge >= 0.3 is 12.0 Å². The van der Waals surface area contributed by atoms with Crippen molar-refractivity contribution >= 4 is 17.7 Å². The number of hydrogen-bond acceptors (Lipinski definition) is 2. The van der Waals surface area contributed by atoms with Crippen molar-refractivity contribution in [3.63, 3.8) is 0 Å². The number of nitrogens with one attached hydrogen (secondary N) is 2. The van der Waals surface area contributed by atoms with E-state index in [2.05, 4.69) is 22.8 Å². The van der Waals surface area contributed by atoms with E-state index in [9.17, 15) is 9.59 Å². The van der Waals surface area contributed by atoms with Crippen LogP contribution in [-0.4, -0.2) is 23.1 Å². The quantitative estimate of drug-likeness (QED) is 0.620. The molecule has 1 aliphatic rings. The summed E-state index contributed by atoms with van der Waals surface area (Å²) in [5.41, 5.74) is 5.65. The molecule has 136 valence electrons. The number of anilines is 1. The molecule has 0 spiro atoms. The molecule has 0 fully saturated rings. The first-order valence-corrected chi connectivity index (χ1v) is 8.93. The van der Waals surface area contributed by atoms with E-state index in [0.717, 1.165) is 6.42 Å². The molecule has 0 saturated heterocycles. The maximum absolute atomic E-state index is 12.3. The number of aliphatic carboxylic acids is 1. The maximum Gasteiger partial charge on any atom is 0.319 e. The predicted octanol–water partition coefficient (Wildman–Crippen LogP) is 4.27. The van der Waals surface area contributed by atoms with Crippen LogP contribution in [0.25, 0.3) is 11.1 Å². The molecule has 0 radical (unpaired) electrons. The largest absolute Gasteiger partial charge is 0.481 e. The number of hydrogen-bond donors (Lipinski definition) is 3. The second-order valence-electron chi connectivity index (χ2n) is 7.23. The lowest BCUT2D eigenvalue weighted by Gasteiger charge is -2.19. The standard InChI is InChI=1S/C21H24N2O3/c1-13(2)9-17(12-20(24)25)23-21(26)22-16-7-8-19-15(11-16)10-14-5-3-4-6-18(14)19/h3-8,11,13,17H,9-10,12H2,1-2H3,(H,24,25)(H2,22,23,26)/t17-/m0/s1. The minimum Gasteiger partial charge on any atom is -0.481 e. The summed E-state index contributed by atoms with van der Waals surface area (Å²) < 4.78 is 0. The van der Waals surface area contributed by atoms with Crippen molar-refractivity contribution in [1.82, 2.24) is 5.32 Å². The average molecular weight is 352 g/mol. The molecule has 0 aliphatic heterocycles. The van der Waals surface area contributed by atoms with Gasteiger partial charge in [0.2, 0.25) is 0 Å². The van der Waals surface area contributed by atoms with E-state index in [-0.39, 0.29) is 18.5 Å². The zero-order valence-corrected chi connectivity index (χ0v) is 15.1. The van der Waals surface area contributed by atoms with Gasteiger partial charge in [0.25, 0.3) is 0 Å². The first-order valence-electron chi connectivity index (χ1n) is 8.93. The molecule has 2 aromatic rings. The van der Waals surface area contributed by atoms with E-state index in [0.29, 0.717) is 18.0 Å². The van der Waals surface area contributed by atoms with Gasteiger partial charge in [0, 0.05) is 11.7 Å². The van der Waals surface area contributed by atoms with Gasteiger partial charge in [-0.2, -0.15) is 0 Å². The van der Waals surface area contributed by atoms with Gasteiger partial charge in [-0.3, -0.25) is 4.79 Å². The minimum absolute atomic E-state index is 0.0783. The second-order valence-corrected chi connectivity index (χ2v) is 7.23. The SMILES string of the molecule is CC(C)C[C@@H](CC(=O)O)NC(=O)Nc1ccc2c(c1)Cc1ccccc1-2. The van der Waals surface area contributed by atoms with Gasteiger partial charge in [-0.05, 0) is 53.1 Å². The third-order valence-electron chi connectivity index (χ3n) is 4.56. The molecule has 0 heterocycles. The Kier molecular flexibility index (Phi) is 5.26. The van der Waals surface area contributed by atoms with Crippen LogP contribution >= 0.6 is 0 Å². The Hall–Kier alpha value is -2.82. The highest BCUT2D eigenvalue weighted by Gasteiger charge is 2.20. The number of urea groups is 1. The van der Waals surface area contributed by atoms with Crippen molar-refractivity contribution in [2.24, 2.45) is 5.92 Å². The number of benzene rings is 2. The molecule has 0 bridgehead atoms. The lowest BCUT2D eigenvalue weighted by molar-refractivity contribution is -0.137. The number of carboxylic acids is 1. The number of rotatable bonds is 6. The monoisotopic (exact) mass is 352 g/mol. The highest BCUT2D eigenvalue weighted by atomic mass is 16.4. The summed E-state index contributed by atoms with van der Waals surface area (Å²) in [6, 6.07) is 13.5. The zero-order chi connectivity index (χ0) is 18.7. The third-order valence-corrected chi connectivity index (χ3v) is 4.56. The van der Waals surface area contributed by atoms with Crippen molar-refractivity contribution in [1.29, 1.82) is 0 Å². The van der Waals surface area contributed by atoms with Crippen LogP contribution in [0.1, 0.15) is 37.8 Å². The fraction of sp³-hybridized carbons (Fsp3) is 0.333. The number of carbonyl (C=O) groups is 2. The van der Waals surface area contributed by atoms with Crippen LogP contribution in [0.2, 0.25) is 0 Å². The molecule has 0 saturated carbocycles. The minimum atomic E-state index is -0.911. The predicted molar refractivity (Wildman–Crippen MR) is 102 cm³/mol. The van der Waals surface area contributed by atoms with E-state index < -0.39 is 5.97 Å². The fourth-order valence-corrected chi connectivity index (χ4v) is 3.55. The molecule has 1 atom stereocenters. The van der Waals surface area contributed by atoms with Crippen molar-refractivity contribution in [2.45, 2.75) is 39.2 Å². The Balaban J connectivity index is 1.66. The second kappa shape index (κ2) is 7.60. The zero-order valence-electron chi connectivity index (χ0n) is 15.1. The van der Waals surface area contributed by atoms with E-state index >= 15 is 0 Å². The Bertz CT molecular complexity index is 830. The number of fused-ring (bicyclic) bond motifs is 3. The van der Waals surface area contributed by atoms with Gasteiger partial charge in [-0.15, -0.1) is 0 Å². The van der Waals surface area contributed by atoms with Crippen LogP contribution in [0.4, 0.5) is 10.5 Å². The number of carbonyl (C=O) groups excluding carboxylic acids is 1. The van der Waals surface area contributed by atoms with Gasteiger partial charge in [-0.1, -0.05) is 44.2 Å². The maximum atomic E-state index is 12.3. The van der Waals surface area contributed by atoms with Crippen LogP contribution in [-0.2, 0) is 11.2 Å². The summed E-state index contributed by atoms with van der Waals surface area (Å²) in [5, 5.41) is 14.6. The molecular weight excluding hydrogens is 328 g/mol. The Labute approximate surface area is 153 Å². The van der Waals surface area contributed by atoms with Gasteiger partial charge in [0.05, 0.1) is 6.42 Å². The van der Waals surface area contributed by atoms with E-state index in [1.807, 2.05) is 44.2 Å². The van der Waals surface area contributed by atoms with E-state index in [1.165, 1.54) is 22.3 Å². The van der Waals surface area contributed by atoms with Crippen LogP contribution < -0.4 is 10.6 Å². The molecule has 2 aromatic carbocycles. The molecule has 5 nitrogen and oxygen atoms in total. The van der Waals surface area contributed by atoms with Gasteiger partial charge in [0.15, 0.2) is 0 Å². The summed E-state index contributed by atoms with van der Waals surface area (Å²) in [6.07, 6.45) is 1.40. The molecular formula is C21H24N2O3. The number of amides is 2. The van der Waals surface area contributed by atoms with E-state index in [1.54, 1.807) is 0 Å². The lowest BCUT2D eigenvalue weighted by atomic mass is 10.0. The van der Waals surface area contributed by atoms with Crippen molar-refractivity contribution in [2.75, 3.05) is 5.32 Å².